The molecular weight excluding hydrogens is 389 g/mol. The second-order valence-electron chi connectivity index (χ2n) is 4.24. The quantitative estimate of drug-likeness (QED) is 0.743. The van der Waals surface area contributed by atoms with Gasteiger partial charge in [-0.15, -0.1) is 0 Å². The number of nitrogens with one attached hydrogen (secondary N) is 1. The normalized spacial score (nSPS) is 13.0. The van der Waals surface area contributed by atoms with Crippen molar-refractivity contribution in [1.82, 2.24) is 5.32 Å². The highest BCUT2D eigenvalue weighted by atomic mass is 79.9. The van der Waals surface area contributed by atoms with Crippen molar-refractivity contribution in [3.63, 3.8) is 0 Å². The number of ether oxygens (including phenoxy) is 1. The van der Waals surface area contributed by atoms with E-state index in [0.29, 0.717) is 6.42 Å². The first-order valence-corrected chi connectivity index (χ1v) is 9.04. The zero-order valence-electron chi connectivity index (χ0n) is 11.3. The van der Waals surface area contributed by atoms with Crippen molar-refractivity contribution in [3.05, 3.63) is 28.0 Å². The van der Waals surface area contributed by atoms with E-state index in [1.165, 1.54) is 7.11 Å². The average Bonchev–Trinajstić information content (AvgIpc) is 2.39. The minimum absolute atomic E-state index is 0.0799. The second-order valence-corrected chi connectivity index (χ2v) is 7.56. The lowest BCUT2D eigenvalue weighted by molar-refractivity contribution is 0.0893. The molecule has 21 heavy (non-hydrogen) atoms. The van der Waals surface area contributed by atoms with E-state index in [4.69, 9.17) is 15.4 Å². The number of carbonyl (C=O) groups is 1. The van der Waals surface area contributed by atoms with E-state index in [1.54, 1.807) is 0 Å². The van der Waals surface area contributed by atoms with Crippen molar-refractivity contribution in [2.45, 2.75) is 24.3 Å². The molecule has 1 aromatic carbocycles. The molecule has 0 aliphatic carbocycles. The second kappa shape index (κ2) is 7.53. The van der Waals surface area contributed by atoms with Gasteiger partial charge >= 0.3 is 0 Å². The highest BCUT2D eigenvalue weighted by Gasteiger charge is 2.23. The van der Waals surface area contributed by atoms with Crippen LogP contribution < -0.4 is 5.32 Å². The summed E-state index contributed by atoms with van der Waals surface area (Å²) < 4.78 is 41.1. The summed E-state index contributed by atoms with van der Waals surface area (Å²) in [5.41, 5.74) is -0.149. The van der Waals surface area contributed by atoms with E-state index in [1.807, 2.05) is 6.92 Å². The average molecular weight is 403 g/mol. The fourth-order valence-corrected chi connectivity index (χ4v) is 3.90. The number of hydrogen-bond donors (Lipinski definition) is 1. The Balaban J connectivity index is 3.19. The summed E-state index contributed by atoms with van der Waals surface area (Å²) >= 11 is 2.98. The van der Waals surface area contributed by atoms with Crippen LogP contribution in [-0.2, 0) is 13.8 Å². The number of hydrogen-bond acceptors (Lipinski definition) is 4. The van der Waals surface area contributed by atoms with Crippen LogP contribution in [0, 0.1) is 5.82 Å². The fraction of sp³-hybridized carbons (Fsp3) is 0.417. The maximum absolute atomic E-state index is 13.5. The topological polar surface area (TPSA) is 72.5 Å². The minimum atomic E-state index is -4.18. The molecule has 0 radical (unpaired) electrons. The van der Waals surface area contributed by atoms with Gasteiger partial charge < -0.3 is 10.1 Å². The molecular formula is C12H14BrClFNO4S. The van der Waals surface area contributed by atoms with Gasteiger partial charge in [0.05, 0.1) is 22.7 Å². The fourth-order valence-electron chi connectivity index (χ4n) is 1.63. The molecule has 1 amide bonds. The molecule has 1 aromatic rings. The van der Waals surface area contributed by atoms with Crippen LogP contribution in [0.2, 0.25) is 0 Å². The molecule has 0 spiro atoms. The monoisotopic (exact) mass is 401 g/mol. The lowest BCUT2D eigenvalue weighted by Crippen LogP contribution is -2.37. The van der Waals surface area contributed by atoms with E-state index in [2.05, 4.69) is 21.2 Å². The van der Waals surface area contributed by atoms with Crippen molar-refractivity contribution in [2.75, 3.05) is 13.7 Å². The van der Waals surface area contributed by atoms with Gasteiger partial charge in [-0.3, -0.25) is 4.79 Å². The van der Waals surface area contributed by atoms with Crippen LogP contribution in [0.15, 0.2) is 21.5 Å². The summed E-state index contributed by atoms with van der Waals surface area (Å²) in [6, 6.07) is 1.41. The lowest BCUT2D eigenvalue weighted by atomic mass is 10.1. The molecule has 1 atom stereocenters. The van der Waals surface area contributed by atoms with E-state index >= 15 is 0 Å². The maximum atomic E-state index is 13.5. The Morgan fingerprint density at radius 1 is 1.52 bits per heavy atom. The molecule has 1 rings (SSSR count). The first-order chi connectivity index (χ1) is 9.70. The summed E-state index contributed by atoms with van der Waals surface area (Å²) in [6.45, 7) is 2.13. The summed E-state index contributed by atoms with van der Waals surface area (Å²) in [6.07, 6.45) is 0.604. The predicted molar refractivity (Wildman–Crippen MR) is 80.6 cm³/mol. The Kier molecular flexibility index (Phi) is 6.58. The molecule has 5 nitrogen and oxygen atoms in total. The first-order valence-electron chi connectivity index (χ1n) is 5.94. The van der Waals surface area contributed by atoms with Crippen LogP contribution in [0.4, 0.5) is 4.39 Å². The largest absolute Gasteiger partial charge is 0.383 e. The van der Waals surface area contributed by atoms with Crippen LogP contribution in [0.5, 0.6) is 0 Å². The van der Waals surface area contributed by atoms with Gasteiger partial charge in [-0.05, 0) is 34.5 Å². The van der Waals surface area contributed by atoms with Crippen molar-refractivity contribution in [3.8, 4) is 0 Å². The molecule has 1 N–H and O–H groups in total. The highest BCUT2D eigenvalue weighted by molar-refractivity contribution is 9.10. The molecule has 0 heterocycles. The maximum Gasteiger partial charge on any atom is 0.262 e. The van der Waals surface area contributed by atoms with E-state index in [0.717, 1.165) is 12.1 Å². The van der Waals surface area contributed by atoms with E-state index in [9.17, 15) is 17.6 Å². The van der Waals surface area contributed by atoms with Crippen molar-refractivity contribution in [2.24, 2.45) is 0 Å². The molecule has 0 aromatic heterocycles. The van der Waals surface area contributed by atoms with Crippen molar-refractivity contribution < 1.29 is 22.3 Å². The zero-order valence-corrected chi connectivity index (χ0v) is 14.5. The van der Waals surface area contributed by atoms with Gasteiger partial charge in [0.1, 0.15) is 10.7 Å². The highest BCUT2D eigenvalue weighted by Crippen LogP contribution is 2.29. The van der Waals surface area contributed by atoms with Crippen molar-refractivity contribution in [1.29, 1.82) is 0 Å². The van der Waals surface area contributed by atoms with E-state index < -0.39 is 25.7 Å². The summed E-state index contributed by atoms with van der Waals surface area (Å²) in [4.78, 5) is 11.6. The number of methoxy groups -OCH3 is 1. The van der Waals surface area contributed by atoms with Crippen molar-refractivity contribution >= 4 is 41.6 Å². The number of carbonyl (C=O) groups excluding carboxylic acids is 1. The van der Waals surface area contributed by atoms with Crippen LogP contribution in [0.25, 0.3) is 0 Å². The Labute approximate surface area is 135 Å². The Morgan fingerprint density at radius 2 is 2.14 bits per heavy atom. The molecule has 0 fully saturated rings. The summed E-state index contributed by atoms with van der Waals surface area (Å²) in [5.74, 6) is -1.49. The summed E-state index contributed by atoms with van der Waals surface area (Å²) in [5, 5.41) is 2.63. The van der Waals surface area contributed by atoms with Gasteiger partial charge in [-0.25, -0.2) is 12.8 Å². The van der Waals surface area contributed by atoms with Gasteiger partial charge in [-0.2, -0.15) is 0 Å². The molecule has 118 valence electrons. The Hall–Kier alpha value is -0.700. The standard InChI is InChI=1S/C12H14BrClFNO4S/c1-3-8(6-20-2)16-12(17)9-4-7(15)5-10(11(9)13)21(14,18)19/h4-5,8H,3,6H2,1-2H3,(H,16,17). The molecule has 9 heteroatoms. The molecule has 0 aliphatic rings. The van der Waals surface area contributed by atoms with Gasteiger partial charge in [0.25, 0.3) is 15.0 Å². The molecule has 0 saturated heterocycles. The Bertz CT molecular complexity index is 638. The molecule has 0 saturated carbocycles. The molecule has 1 unspecified atom stereocenters. The number of amides is 1. The smallest absolute Gasteiger partial charge is 0.262 e. The van der Waals surface area contributed by atoms with E-state index in [-0.39, 0.29) is 22.7 Å². The lowest BCUT2D eigenvalue weighted by Gasteiger charge is -2.17. The Morgan fingerprint density at radius 3 is 2.62 bits per heavy atom. The van der Waals surface area contributed by atoms with Crippen LogP contribution >= 0.6 is 26.6 Å². The third-order valence-electron chi connectivity index (χ3n) is 2.71. The first kappa shape index (κ1) is 18.3. The number of benzene rings is 1. The third-order valence-corrected chi connectivity index (χ3v) is 5.17. The third kappa shape index (κ3) is 4.91. The van der Waals surface area contributed by atoms with Crippen LogP contribution in [-0.4, -0.2) is 34.1 Å². The predicted octanol–water partition coefficient (Wildman–Crippen LogP) is 2.67. The van der Waals surface area contributed by atoms with Gasteiger partial charge in [-0.1, -0.05) is 6.92 Å². The minimum Gasteiger partial charge on any atom is -0.383 e. The number of halogens is 3. The molecule has 0 aliphatic heterocycles. The summed E-state index contributed by atoms with van der Waals surface area (Å²) in [7, 11) is 2.53. The number of rotatable bonds is 6. The zero-order chi connectivity index (χ0) is 16.2. The van der Waals surface area contributed by atoms with Crippen LogP contribution in [0.1, 0.15) is 23.7 Å². The van der Waals surface area contributed by atoms with Gasteiger partial charge in [0.2, 0.25) is 0 Å². The SMILES string of the molecule is CCC(COC)NC(=O)c1cc(F)cc(S(=O)(=O)Cl)c1Br. The molecule has 0 bridgehead atoms. The van der Waals surface area contributed by atoms with Crippen LogP contribution in [0.3, 0.4) is 0 Å². The van der Waals surface area contributed by atoms with Gasteiger partial charge in [0, 0.05) is 17.8 Å². The van der Waals surface area contributed by atoms with Gasteiger partial charge in [0.15, 0.2) is 0 Å².